The summed E-state index contributed by atoms with van der Waals surface area (Å²) in [5.74, 6) is 0. The molecule has 0 saturated carbocycles. The minimum absolute atomic E-state index is 0.667. The average molecular weight is 320 g/mol. The molecule has 2 rings (SSSR count). The van der Waals surface area contributed by atoms with E-state index in [-0.39, 0.29) is 0 Å². The zero-order valence-electron chi connectivity index (χ0n) is 7.08. The van der Waals surface area contributed by atoms with Crippen LogP contribution in [0, 0.1) is 0 Å². The van der Waals surface area contributed by atoms with Crippen molar-refractivity contribution in [3.8, 4) is 0 Å². The van der Waals surface area contributed by atoms with E-state index in [0.717, 1.165) is 5.59 Å². The van der Waals surface area contributed by atoms with Crippen molar-refractivity contribution in [2.45, 2.75) is 0 Å². The number of nitrogens with zero attached hydrogens (tertiary/aromatic N) is 2. The summed E-state index contributed by atoms with van der Waals surface area (Å²) >= 11 is 2.35. The van der Waals surface area contributed by atoms with Gasteiger partial charge in [-0.25, -0.2) is 4.45 Å². The van der Waals surface area contributed by atoms with E-state index in [1.807, 2.05) is 0 Å². The molecule has 0 fully saturated rings. The van der Waals surface area contributed by atoms with Crippen LogP contribution in [0.1, 0.15) is 0 Å². The fourth-order valence-electron chi connectivity index (χ4n) is 1.35. The van der Waals surface area contributed by atoms with Gasteiger partial charge in [0, 0.05) is 11.0 Å². The molecule has 2 unspecified atom stereocenters. The maximum atomic E-state index is 4.46. The lowest BCUT2D eigenvalue weighted by Gasteiger charge is -1.97. The van der Waals surface area contributed by atoms with Crippen LogP contribution in [-0.2, 0) is 0 Å². The molecule has 1 aromatic carbocycles. The summed E-state index contributed by atoms with van der Waals surface area (Å²) in [6.07, 6.45) is 0.667. The molecule has 6 heteroatoms. The number of benzene rings is 1. The Morgan fingerprint density at radius 2 is 2.31 bits per heavy atom. The lowest BCUT2D eigenvalue weighted by molar-refractivity contribution is 1.06. The van der Waals surface area contributed by atoms with Crippen LogP contribution in [0.2, 0.25) is 0 Å². The molecule has 66 valence electrons. The molecule has 0 radical (unpaired) electrons. The Bertz CT molecular complexity index is 457. The molecule has 0 aliphatic heterocycles. The van der Waals surface area contributed by atoms with Crippen LogP contribution in [0.4, 0.5) is 0 Å². The largest absolute Gasteiger partial charge is 0.238 e. The molecule has 2 nitrogen and oxygen atoms in total. The van der Waals surface area contributed by atoms with Gasteiger partial charge in [-0.2, -0.15) is 5.10 Å². The molecule has 0 bridgehead atoms. The van der Waals surface area contributed by atoms with Gasteiger partial charge in [-0.15, -0.1) is 9.24 Å². The topological polar surface area (TPSA) is 17.8 Å². The van der Waals surface area contributed by atoms with Crippen LogP contribution >= 0.6 is 37.7 Å². The molecule has 0 aliphatic carbocycles. The number of rotatable bonds is 1. The molecule has 0 N–H and O–H groups in total. The molecule has 2 atom stereocenters. The van der Waals surface area contributed by atoms with Crippen molar-refractivity contribution in [3.05, 3.63) is 18.2 Å². The fraction of sp³-hybridized carbons (Fsp3) is 0. The normalized spacial score (nSPS) is 11.8. The minimum atomic E-state index is 0.667. The maximum Gasteiger partial charge on any atom is 0.167 e. The molecule has 1 aromatic heterocycles. The molecule has 0 saturated heterocycles. The summed E-state index contributed by atoms with van der Waals surface area (Å²) in [6, 6.07) is 6.39. The Labute approximate surface area is 94.8 Å². The van der Waals surface area contributed by atoms with E-state index < -0.39 is 0 Å². The van der Waals surface area contributed by atoms with Gasteiger partial charge in [0.1, 0.15) is 0 Å². The van der Waals surface area contributed by atoms with Crippen LogP contribution in [0.3, 0.4) is 0 Å². The first-order chi connectivity index (χ1) is 6.22. The Balaban J connectivity index is 2.81. The van der Waals surface area contributed by atoms with Gasteiger partial charge < -0.3 is 0 Å². The van der Waals surface area contributed by atoms with E-state index in [1.54, 1.807) is 0 Å². The number of fused-ring (bicyclic) bond motifs is 1. The summed E-state index contributed by atoms with van der Waals surface area (Å²) in [5, 5.41) is 6.93. The van der Waals surface area contributed by atoms with Crippen molar-refractivity contribution >= 4 is 67.3 Å². The monoisotopic (exact) mass is 320 g/mol. The third-order valence-electron chi connectivity index (χ3n) is 1.97. The number of halogens is 1. The summed E-state index contributed by atoms with van der Waals surface area (Å²) in [4.78, 5) is 0. The van der Waals surface area contributed by atoms with E-state index in [2.05, 4.69) is 66.9 Å². The summed E-state index contributed by atoms with van der Waals surface area (Å²) < 4.78 is 2.05. The van der Waals surface area contributed by atoms with Gasteiger partial charge in [-0.3, -0.25) is 0 Å². The second-order valence-corrected chi connectivity index (χ2v) is 5.56. The molecule has 2 aromatic rings. The predicted molar refractivity (Wildman–Crippen MR) is 75.0 cm³/mol. The highest BCUT2D eigenvalue weighted by molar-refractivity contribution is 14.2. The van der Waals surface area contributed by atoms with Crippen molar-refractivity contribution < 1.29 is 0 Å². The smallest absolute Gasteiger partial charge is 0.167 e. The summed E-state index contributed by atoms with van der Waals surface area (Å²) in [7, 11) is 4.77. The van der Waals surface area contributed by atoms with Crippen LogP contribution in [0.15, 0.2) is 18.2 Å². The van der Waals surface area contributed by atoms with Gasteiger partial charge in [0.15, 0.2) is 7.85 Å². The number of aromatic nitrogens is 2. The zero-order valence-corrected chi connectivity index (χ0v) is 11.4. The average Bonchev–Trinajstić information content (AvgIpc) is 2.42. The van der Waals surface area contributed by atoms with E-state index in [0.29, 0.717) is 6.37 Å². The van der Waals surface area contributed by atoms with Crippen LogP contribution in [0.25, 0.3) is 10.9 Å². The van der Waals surface area contributed by atoms with Gasteiger partial charge >= 0.3 is 0 Å². The fourth-order valence-corrected chi connectivity index (χ4v) is 3.17. The standard InChI is InChI=1S/C7H8BIN2P2/c8-7-5-2-1-4(12)3-6(5)11(10-7)13-9/h1-3,13H,8,12H2. The second kappa shape index (κ2) is 3.84. The van der Waals surface area contributed by atoms with Crippen molar-refractivity contribution in [1.29, 1.82) is 0 Å². The van der Waals surface area contributed by atoms with Crippen molar-refractivity contribution in [2.24, 2.45) is 0 Å². The third-order valence-corrected chi connectivity index (χ3v) is 4.20. The lowest BCUT2D eigenvalue weighted by Crippen LogP contribution is -2.04. The highest BCUT2D eigenvalue weighted by atomic mass is 127. The van der Waals surface area contributed by atoms with E-state index >= 15 is 0 Å². The van der Waals surface area contributed by atoms with Crippen LogP contribution in [0.5, 0.6) is 0 Å². The lowest BCUT2D eigenvalue weighted by atomic mass is 10.0. The molecular formula is C7H8BIN2P2. The number of hydrogen-bond acceptors (Lipinski definition) is 1. The third kappa shape index (κ3) is 1.77. The van der Waals surface area contributed by atoms with Gasteiger partial charge in [0.25, 0.3) is 0 Å². The van der Waals surface area contributed by atoms with E-state index in [4.69, 9.17) is 0 Å². The molecule has 1 heterocycles. The van der Waals surface area contributed by atoms with E-state index in [1.165, 1.54) is 16.2 Å². The Kier molecular flexibility index (Phi) is 2.92. The SMILES string of the molecule is Bc1nn(PI)c2cc(P)ccc12. The maximum absolute atomic E-state index is 4.46. The zero-order chi connectivity index (χ0) is 9.42. The van der Waals surface area contributed by atoms with Crippen molar-refractivity contribution in [3.63, 3.8) is 0 Å². The quantitative estimate of drug-likeness (QED) is 0.427. The van der Waals surface area contributed by atoms with Gasteiger partial charge in [0.05, 0.1) is 11.9 Å². The first kappa shape index (κ1) is 9.88. The molecule has 0 amide bonds. The summed E-state index contributed by atoms with van der Waals surface area (Å²) in [6.45, 7) is 0. The molecular weight excluding hydrogens is 312 g/mol. The highest BCUT2D eigenvalue weighted by Gasteiger charge is 2.05. The van der Waals surface area contributed by atoms with Crippen LogP contribution < -0.4 is 10.9 Å². The summed E-state index contributed by atoms with van der Waals surface area (Å²) in [5.41, 5.74) is 2.35. The first-order valence-corrected chi connectivity index (χ1v) is 8.48. The van der Waals surface area contributed by atoms with Gasteiger partial charge in [0.2, 0.25) is 0 Å². The van der Waals surface area contributed by atoms with Crippen molar-refractivity contribution in [1.82, 2.24) is 9.55 Å². The Morgan fingerprint density at radius 1 is 1.54 bits per heavy atom. The predicted octanol–water partition coefficient (Wildman–Crippen LogP) is 0.587. The Hall–Kier alpha value is 0.345. The first-order valence-electron chi connectivity index (χ1n) is 3.84. The highest BCUT2D eigenvalue weighted by Crippen LogP contribution is 2.26. The van der Waals surface area contributed by atoms with Gasteiger partial charge in [-0.05, 0) is 33.4 Å². The second-order valence-electron chi connectivity index (χ2n) is 2.86. The Morgan fingerprint density at radius 3 is 3.00 bits per heavy atom. The minimum Gasteiger partial charge on any atom is -0.238 e. The number of hydrogen-bond donors (Lipinski definition) is 0. The van der Waals surface area contributed by atoms with E-state index in [9.17, 15) is 0 Å². The van der Waals surface area contributed by atoms with Crippen LogP contribution in [-0.4, -0.2) is 17.4 Å². The van der Waals surface area contributed by atoms with Crippen molar-refractivity contribution in [2.75, 3.05) is 0 Å². The molecule has 0 spiro atoms. The molecule has 13 heavy (non-hydrogen) atoms. The molecule has 0 aliphatic rings. The van der Waals surface area contributed by atoms with Gasteiger partial charge in [-0.1, -0.05) is 12.1 Å².